The summed E-state index contributed by atoms with van der Waals surface area (Å²) in [6.45, 7) is 1.26. The Morgan fingerprint density at radius 3 is 2.39 bits per heavy atom. The van der Waals surface area contributed by atoms with E-state index in [4.69, 9.17) is 16.0 Å². The number of para-hydroxylation sites is 1. The molecule has 0 spiro atoms. The highest BCUT2D eigenvalue weighted by Gasteiger charge is 2.28. The number of halogens is 1. The van der Waals surface area contributed by atoms with Crippen molar-refractivity contribution in [2.75, 3.05) is 10.8 Å². The molecule has 0 atom stereocenters. The standard InChI is InChI=1S/C26H21ClN4O6S/c1-18-6-13-22(14-7-18)38(35,36)30(24-5-3-2-4-23(24)27)17-26(32)29-28-16-21-12-15-25(37-21)19-8-10-20(11-9-19)31(33)34/h2-16H,17H2,1H3,(H,29,32)/b28-16+. The fourth-order valence-electron chi connectivity index (χ4n) is 3.45. The number of hydrogen-bond donors (Lipinski definition) is 1. The number of sulfonamides is 1. The minimum atomic E-state index is -4.13. The first kappa shape index (κ1) is 26.6. The summed E-state index contributed by atoms with van der Waals surface area (Å²) in [7, 11) is -4.13. The number of amides is 1. The van der Waals surface area contributed by atoms with Crippen LogP contribution >= 0.6 is 11.6 Å². The topological polar surface area (TPSA) is 135 Å². The molecule has 10 nitrogen and oxygen atoms in total. The van der Waals surface area contributed by atoms with Crippen LogP contribution in [0, 0.1) is 17.0 Å². The van der Waals surface area contributed by atoms with Crippen LogP contribution in [-0.4, -0.2) is 32.0 Å². The predicted molar refractivity (Wildman–Crippen MR) is 144 cm³/mol. The summed E-state index contributed by atoms with van der Waals surface area (Å²) in [4.78, 5) is 23.0. The smallest absolute Gasteiger partial charge is 0.269 e. The number of nitro groups is 1. The molecule has 3 aromatic carbocycles. The molecule has 0 bridgehead atoms. The van der Waals surface area contributed by atoms with E-state index >= 15 is 0 Å². The normalized spacial score (nSPS) is 11.4. The number of non-ortho nitro benzene ring substituents is 1. The van der Waals surface area contributed by atoms with Gasteiger partial charge < -0.3 is 4.42 Å². The Morgan fingerprint density at radius 1 is 1.05 bits per heavy atom. The highest BCUT2D eigenvalue weighted by Crippen LogP contribution is 2.30. The van der Waals surface area contributed by atoms with E-state index in [1.54, 1.807) is 48.5 Å². The van der Waals surface area contributed by atoms with Gasteiger partial charge in [0.15, 0.2) is 0 Å². The number of benzene rings is 3. The van der Waals surface area contributed by atoms with Crippen molar-refractivity contribution in [3.05, 3.63) is 111 Å². The summed E-state index contributed by atoms with van der Waals surface area (Å²) < 4.78 is 33.4. The molecule has 1 N–H and O–H groups in total. The molecule has 1 heterocycles. The molecule has 0 aliphatic rings. The van der Waals surface area contributed by atoms with E-state index in [1.807, 2.05) is 6.92 Å². The average Bonchev–Trinajstić information content (AvgIpc) is 3.37. The average molecular weight is 553 g/mol. The van der Waals surface area contributed by atoms with E-state index in [0.29, 0.717) is 17.1 Å². The number of carbonyl (C=O) groups excluding carboxylic acids is 1. The van der Waals surface area contributed by atoms with Crippen molar-refractivity contribution in [3.8, 4) is 11.3 Å². The van der Waals surface area contributed by atoms with Gasteiger partial charge in [0.2, 0.25) is 0 Å². The molecule has 0 aliphatic carbocycles. The second kappa shape index (κ2) is 11.3. The van der Waals surface area contributed by atoms with Gasteiger partial charge in [-0.05, 0) is 55.5 Å². The van der Waals surface area contributed by atoms with Crippen LogP contribution in [0.1, 0.15) is 11.3 Å². The lowest BCUT2D eigenvalue weighted by Gasteiger charge is -2.24. The first-order chi connectivity index (χ1) is 18.1. The fraction of sp³-hybridized carbons (Fsp3) is 0.0769. The molecule has 0 radical (unpaired) electrons. The SMILES string of the molecule is Cc1ccc(S(=O)(=O)N(CC(=O)N/N=C/c2ccc(-c3ccc([N+](=O)[O-])cc3)o2)c2ccccc2Cl)cc1. The number of hydrazone groups is 1. The van der Waals surface area contributed by atoms with Crippen LogP contribution in [0.3, 0.4) is 0 Å². The molecule has 12 heteroatoms. The molecule has 0 saturated heterocycles. The zero-order valence-electron chi connectivity index (χ0n) is 19.9. The van der Waals surface area contributed by atoms with Gasteiger partial charge in [0, 0.05) is 17.7 Å². The van der Waals surface area contributed by atoms with Crippen molar-refractivity contribution in [2.45, 2.75) is 11.8 Å². The molecule has 0 unspecified atom stereocenters. The summed E-state index contributed by atoms with van der Waals surface area (Å²) in [5.74, 6) is 0.0367. The maximum absolute atomic E-state index is 13.4. The molecule has 0 aliphatic heterocycles. The van der Waals surface area contributed by atoms with Crippen LogP contribution < -0.4 is 9.73 Å². The Labute approximate surface area is 223 Å². The van der Waals surface area contributed by atoms with E-state index in [0.717, 1.165) is 9.87 Å². The number of anilines is 1. The highest BCUT2D eigenvalue weighted by molar-refractivity contribution is 7.92. The number of furan rings is 1. The van der Waals surface area contributed by atoms with E-state index in [2.05, 4.69) is 10.5 Å². The quantitative estimate of drug-likeness (QED) is 0.173. The molecule has 0 saturated carbocycles. The highest BCUT2D eigenvalue weighted by atomic mass is 35.5. The van der Waals surface area contributed by atoms with Gasteiger partial charge in [0.1, 0.15) is 18.1 Å². The number of carbonyl (C=O) groups is 1. The number of aryl methyl sites for hydroxylation is 1. The van der Waals surface area contributed by atoms with Crippen LogP contribution in [0.4, 0.5) is 11.4 Å². The van der Waals surface area contributed by atoms with Gasteiger partial charge in [-0.2, -0.15) is 5.10 Å². The van der Waals surface area contributed by atoms with Crippen LogP contribution in [0.15, 0.2) is 99.3 Å². The lowest BCUT2D eigenvalue weighted by atomic mass is 10.1. The van der Waals surface area contributed by atoms with E-state index in [-0.39, 0.29) is 21.3 Å². The Hall–Kier alpha value is -4.48. The maximum Gasteiger partial charge on any atom is 0.269 e. The number of hydrogen-bond acceptors (Lipinski definition) is 7. The largest absolute Gasteiger partial charge is 0.455 e. The van der Waals surface area contributed by atoms with E-state index in [9.17, 15) is 23.3 Å². The summed E-state index contributed by atoms with van der Waals surface area (Å²) in [6, 6.07) is 21.6. The number of rotatable bonds is 9. The molecule has 194 valence electrons. The van der Waals surface area contributed by atoms with Crippen molar-refractivity contribution in [1.29, 1.82) is 0 Å². The van der Waals surface area contributed by atoms with Gasteiger partial charge in [-0.3, -0.25) is 19.2 Å². The zero-order valence-corrected chi connectivity index (χ0v) is 21.5. The van der Waals surface area contributed by atoms with Crippen molar-refractivity contribution in [1.82, 2.24) is 5.43 Å². The molecule has 1 amide bonds. The number of nitro benzene ring substituents is 1. The summed E-state index contributed by atoms with van der Waals surface area (Å²) in [5, 5.41) is 14.8. The van der Waals surface area contributed by atoms with E-state index < -0.39 is 27.4 Å². The third-order valence-corrected chi connectivity index (χ3v) is 7.48. The van der Waals surface area contributed by atoms with Crippen LogP contribution in [0.2, 0.25) is 5.02 Å². The maximum atomic E-state index is 13.4. The van der Waals surface area contributed by atoms with E-state index in [1.165, 1.54) is 42.6 Å². The zero-order chi connectivity index (χ0) is 27.3. The molecule has 1 aromatic heterocycles. The summed E-state index contributed by atoms with van der Waals surface area (Å²) in [6.07, 6.45) is 1.25. The molecular weight excluding hydrogens is 532 g/mol. The number of nitrogens with zero attached hydrogens (tertiary/aromatic N) is 3. The fourth-order valence-corrected chi connectivity index (χ4v) is 5.18. The van der Waals surface area contributed by atoms with Crippen molar-refractivity contribution in [2.24, 2.45) is 5.10 Å². The first-order valence-electron chi connectivity index (χ1n) is 11.2. The first-order valence-corrected chi connectivity index (χ1v) is 13.0. The van der Waals surface area contributed by atoms with Gasteiger partial charge in [0.05, 0.1) is 26.7 Å². The Morgan fingerprint density at radius 2 is 1.74 bits per heavy atom. The van der Waals surface area contributed by atoms with Gasteiger partial charge in [-0.1, -0.05) is 41.4 Å². The molecular formula is C26H21ClN4O6S. The third-order valence-electron chi connectivity index (χ3n) is 5.39. The van der Waals surface area contributed by atoms with Gasteiger partial charge >= 0.3 is 0 Å². The van der Waals surface area contributed by atoms with Gasteiger partial charge in [-0.15, -0.1) is 0 Å². The summed E-state index contributed by atoms with van der Waals surface area (Å²) >= 11 is 6.27. The van der Waals surface area contributed by atoms with Crippen molar-refractivity contribution in [3.63, 3.8) is 0 Å². The number of nitrogens with one attached hydrogen (secondary N) is 1. The van der Waals surface area contributed by atoms with Gasteiger partial charge in [0.25, 0.3) is 21.6 Å². The van der Waals surface area contributed by atoms with Gasteiger partial charge in [-0.25, -0.2) is 13.8 Å². The molecule has 4 rings (SSSR count). The minimum Gasteiger partial charge on any atom is -0.455 e. The molecule has 0 fully saturated rings. The Kier molecular flexibility index (Phi) is 7.89. The lowest BCUT2D eigenvalue weighted by molar-refractivity contribution is -0.384. The monoisotopic (exact) mass is 552 g/mol. The Balaban J connectivity index is 1.49. The Bertz CT molecular complexity index is 1600. The summed E-state index contributed by atoms with van der Waals surface area (Å²) in [5.41, 5.74) is 3.91. The molecule has 4 aromatic rings. The van der Waals surface area contributed by atoms with Crippen molar-refractivity contribution < 1.29 is 22.6 Å². The minimum absolute atomic E-state index is 0.00804. The second-order valence-electron chi connectivity index (χ2n) is 8.08. The lowest BCUT2D eigenvalue weighted by Crippen LogP contribution is -2.39. The van der Waals surface area contributed by atoms with Crippen LogP contribution in [0.5, 0.6) is 0 Å². The predicted octanol–water partition coefficient (Wildman–Crippen LogP) is 5.16. The molecule has 38 heavy (non-hydrogen) atoms. The van der Waals surface area contributed by atoms with Crippen LogP contribution in [0.25, 0.3) is 11.3 Å². The van der Waals surface area contributed by atoms with Crippen LogP contribution in [-0.2, 0) is 14.8 Å². The van der Waals surface area contributed by atoms with Crippen molar-refractivity contribution >= 4 is 45.1 Å². The second-order valence-corrected chi connectivity index (χ2v) is 10.3. The third kappa shape index (κ3) is 6.07.